The normalized spacial score (nSPS) is 10.1. The Labute approximate surface area is 124 Å². The number of nitrogens with two attached hydrogens (primary N) is 1. The van der Waals surface area contributed by atoms with E-state index in [9.17, 15) is 9.90 Å². The van der Waals surface area contributed by atoms with Crippen molar-refractivity contribution in [3.63, 3.8) is 0 Å². The summed E-state index contributed by atoms with van der Waals surface area (Å²) in [6, 6.07) is 9.47. The highest BCUT2D eigenvalue weighted by Crippen LogP contribution is 2.28. The van der Waals surface area contributed by atoms with Gasteiger partial charge in [-0.3, -0.25) is 4.79 Å². The molecule has 0 aromatic heterocycles. The highest BCUT2D eigenvalue weighted by Gasteiger charge is 2.11. The van der Waals surface area contributed by atoms with E-state index in [4.69, 9.17) is 10.5 Å². The van der Waals surface area contributed by atoms with Crippen molar-refractivity contribution in [1.29, 1.82) is 0 Å². The first-order chi connectivity index (χ1) is 9.49. The summed E-state index contributed by atoms with van der Waals surface area (Å²) in [5.74, 6) is 0.121. The van der Waals surface area contributed by atoms with Crippen LogP contribution in [0.4, 0.5) is 11.4 Å². The zero-order valence-electron chi connectivity index (χ0n) is 10.7. The summed E-state index contributed by atoms with van der Waals surface area (Å²) in [6.45, 7) is 0. The molecule has 4 N–H and O–H groups in total. The number of phenolic OH excluding ortho intramolecular Hbond substituents is 1. The molecule has 0 saturated carbocycles. The third kappa shape index (κ3) is 3.21. The van der Waals surface area contributed by atoms with E-state index in [1.54, 1.807) is 24.3 Å². The number of halogens is 1. The Kier molecular flexibility index (Phi) is 4.14. The number of aromatic hydroxyl groups is 1. The molecule has 104 valence electrons. The van der Waals surface area contributed by atoms with Crippen molar-refractivity contribution in [3.8, 4) is 11.5 Å². The summed E-state index contributed by atoms with van der Waals surface area (Å²) < 4.78 is 5.75. The van der Waals surface area contributed by atoms with Gasteiger partial charge in [0.15, 0.2) is 0 Å². The van der Waals surface area contributed by atoms with Gasteiger partial charge in [-0.1, -0.05) is 15.9 Å². The van der Waals surface area contributed by atoms with Gasteiger partial charge in [0, 0.05) is 21.8 Å². The summed E-state index contributed by atoms with van der Waals surface area (Å²) in [5, 5.41) is 12.3. The molecule has 0 heterocycles. The summed E-state index contributed by atoms with van der Waals surface area (Å²) in [5.41, 5.74) is 6.82. The van der Waals surface area contributed by atoms with Crippen molar-refractivity contribution in [2.75, 3.05) is 18.2 Å². The number of amides is 1. The molecule has 0 bridgehead atoms. The second kappa shape index (κ2) is 5.83. The molecule has 2 aromatic rings. The first-order valence-electron chi connectivity index (χ1n) is 5.74. The standard InChI is InChI=1S/C14H13BrN2O3/c1-20-11-2-3-13(18)12(7-11)17-14(19)8-4-9(15)6-10(16)5-8/h2-7,18H,16H2,1H3,(H,17,19). The molecule has 20 heavy (non-hydrogen) atoms. The maximum Gasteiger partial charge on any atom is 0.255 e. The lowest BCUT2D eigenvalue weighted by atomic mass is 10.2. The van der Waals surface area contributed by atoms with Crippen LogP contribution in [0.15, 0.2) is 40.9 Å². The number of methoxy groups -OCH3 is 1. The summed E-state index contributed by atoms with van der Waals surface area (Å²) in [7, 11) is 1.51. The molecule has 1 amide bonds. The molecule has 6 heteroatoms. The zero-order valence-corrected chi connectivity index (χ0v) is 12.3. The first-order valence-corrected chi connectivity index (χ1v) is 6.53. The minimum Gasteiger partial charge on any atom is -0.506 e. The molecule has 0 fully saturated rings. The van der Waals surface area contributed by atoms with Gasteiger partial charge in [-0.2, -0.15) is 0 Å². The second-order valence-corrected chi connectivity index (χ2v) is 5.03. The lowest BCUT2D eigenvalue weighted by Gasteiger charge is -2.10. The second-order valence-electron chi connectivity index (χ2n) is 4.11. The number of rotatable bonds is 3. The minimum atomic E-state index is -0.374. The van der Waals surface area contributed by atoms with Crippen LogP contribution in [0, 0.1) is 0 Å². The van der Waals surface area contributed by atoms with Gasteiger partial charge in [0.25, 0.3) is 5.91 Å². The third-order valence-corrected chi connectivity index (χ3v) is 3.09. The Morgan fingerprint density at radius 1 is 1.30 bits per heavy atom. The van der Waals surface area contributed by atoms with Gasteiger partial charge in [-0.25, -0.2) is 0 Å². The number of benzene rings is 2. The smallest absolute Gasteiger partial charge is 0.255 e. The van der Waals surface area contributed by atoms with Gasteiger partial charge in [0.1, 0.15) is 11.5 Å². The van der Waals surface area contributed by atoms with Gasteiger partial charge in [-0.05, 0) is 30.3 Å². The zero-order chi connectivity index (χ0) is 14.7. The topological polar surface area (TPSA) is 84.6 Å². The van der Waals surface area contributed by atoms with Crippen LogP contribution >= 0.6 is 15.9 Å². The van der Waals surface area contributed by atoms with Gasteiger partial charge in [0.05, 0.1) is 12.8 Å². The molecule has 0 unspecified atom stereocenters. The lowest BCUT2D eigenvalue weighted by Crippen LogP contribution is -2.12. The van der Waals surface area contributed by atoms with Crippen LogP contribution in [0.1, 0.15) is 10.4 Å². The first kappa shape index (κ1) is 14.2. The number of anilines is 2. The fraction of sp³-hybridized carbons (Fsp3) is 0.0714. The number of hydrogen-bond donors (Lipinski definition) is 3. The van der Waals surface area contributed by atoms with Crippen molar-refractivity contribution >= 4 is 33.2 Å². The lowest BCUT2D eigenvalue weighted by molar-refractivity contribution is 0.102. The number of nitrogens with one attached hydrogen (secondary N) is 1. The molecular formula is C14H13BrN2O3. The van der Waals surface area contributed by atoms with Crippen molar-refractivity contribution in [3.05, 3.63) is 46.4 Å². The minimum absolute atomic E-state index is 0.0397. The molecule has 2 aromatic carbocycles. The van der Waals surface area contributed by atoms with Crippen LogP contribution in [0.5, 0.6) is 11.5 Å². The Bertz CT molecular complexity index is 639. The molecule has 0 radical (unpaired) electrons. The van der Waals surface area contributed by atoms with Crippen LogP contribution in [0.2, 0.25) is 0 Å². The highest BCUT2D eigenvalue weighted by atomic mass is 79.9. The molecule has 0 aliphatic heterocycles. The molecule has 0 atom stereocenters. The van der Waals surface area contributed by atoms with Gasteiger partial charge >= 0.3 is 0 Å². The van der Waals surface area contributed by atoms with Crippen LogP contribution in [-0.4, -0.2) is 18.1 Å². The number of carbonyl (C=O) groups excluding carboxylic acids is 1. The summed E-state index contributed by atoms with van der Waals surface area (Å²) in [4.78, 5) is 12.1. The van der Waals surface area contributed by atoms with Crippen molar-refractivity contribution < 1.29 is 14.6 Å². The number of phenols is 1. The maximum atomic E-state index is 12.1. The Morgan fingerprint density at radius 2 is 2.05 bits per heavy atom. The molecule has 0 aliphatic rings. The number of carbonyl (C=O) groups is 1. The maximum absolute atomic E-state index is 12.1. The van der Waals surface area contributed by atoms with E-state index in [2.05, 4.69) is 21.2 Å². The van der Waals surface area contributed by atoms with Crippen LogP contribution in [0.3, 0.4) is 0 Å². The molecule has 0 saturated heterocycles. The van der Waals surface area contributed by atoms with Crippen molar-refractivity contribution in [2.24, 2.45) is 0 Å². The molecule has 0 aliphatic carbocycles. The number of nitrogen functional groups attached to an aromatic ring is 1. The van der Waals surface area contributed by atoms with Crippen LogP contribution < -0.4 is 15.8 Å². The van der Waals surface area contributed by atoms with E-state index in [-0.39, 0.29) is 17.3 Å². The molecule has 5 nitrogen and oxygen atoms in total. The van der Waals surface area contributed by atoms with Crippen molar-refractivity contribution in [2.45, 2.75) is 0 Å². The third-order valence-electron chi connectivity index (χ3n) is 2.63. The monoisotopic (exact) mass is 336 g/mol. The Balaban J connectivity index is 2.27. The SMILES string of the molecule is COc1ccc(O)c(NC(=O)c2cc(N)cc(Br)c2)c1. The highest BCUT2D eigenvalue weighted by molar-refractivity contribution is 9.10. The van der Waals surface area contributed by atoms with Crippen LogP contribution in [-0.2, 0) is 0 Å². The quantitative estimate of drug-likeness (QED) is 0.594. The molecule has 2 rings (SSSR count). The average Bonchev–Trinajstić information content (AvgIpc) is 2.40. The van der Waals surface area contributed by atoms with Crippen LogP contribution in [0.25, 0.3) is 0 Å². The van der Waals surface area contributed by atoms with E-state index in [1.807, 2.05) is 0 Å². The summed E-state index contributed by atoms with van der Waals surface area (Å²) in [6.07, 6.45) is 0. The fourth-order valence-electron chi connectivity index (χ4n) is 1.68. The molecule has 0 spiro atoms. The van der Waals surface area contributed by atoms with E-state index in [1.165, 1.54) is 19.2 Å². The largest absolute Gasteiger partial charge is 0.506 e. The Morgan fingerprint density at radius 3 is 2.70 bits per heavy atom. The van der Waals surface area contributed by atoms with E-state index < -0.39 is 0 Å². The summed E-state index contributed by atoms with van der Waals surface area (Å²) >= 11 is 3.27. The Hall–Kier alpha value is -2.21. The van der Waals surface area contributed by atoms with Gasteiger partial charge in [-0.15, -0.1) is 0 Å². The predicted octanol–water partition coefficient (Wildman–Crippen LogP) is 3.00. The number of hydrogen-bond acceptors (Lipinski definition) is 4. The predicted molar refractivity (Wildman–Crippen MR) is 81.2 cm³/mol. The van der Waals surface area contributed by atoms with Crippen molar-refractivity contribution in [1.82, 2.24) is 0 Å². The number of ether oxygens (including phenoxy) is 1. The average molecular weight is 337 g/mol. The molecular weight excluding hydrogens is 324 g/mol. The van der Waals surface area contributed by atoms with E-state index >= 15 is 0 Å². The fourth-order valence-corrected chi connectivity index (χ4v) is 2.19. The van der Waals surface area contributed by atoms with E-state index in [0.717, 1.165) is 0 Å². The van der Waals surface area contributed by atoms with E-state index in [0.29, 0.717) is 21.5 Å². The van der Waals surface area contributed by atoms with Gasteiger partial charge < -0.3 is 20.9 Å². The van der Waals surface area contributed by atoms with Gasteiger partial charge in [0.2, 0.25) is 0 Å².